The molecule has 1 fully saturated rings. The van der Waals surface area contributed by atoms with Crippen LogP contribution in [0, 0.1) is 5.41 Å². The zero-order valence-corrected chi connectivity index (χ0v) is 20.1. The van der Waals surface area contributed by atoms with Crippen LogP contribution in [0.3, 0.4) is 0 Å². The van der Waals surface area contributed by atoms with E-state index in [-0.39, 0.29) is 43.2 Å². The van der Waals surface area contributed by atoms with Crippen LogP contribution in [0.25, 0.3) is 0 Å². The highest BCUT2D eigenvalue weighted by Gasteiger charge is 2.42. The molecule has 0 unspecified atom stereocenters. The topological polar surface area (TPSA) is 125 Å². The Morgan fingerprint density at radius 1 is 1.25 bits per heavy atom. The van der Waals surface area contributed by atoms with Crippen molar-refractivity contribution in [3.05, 3.63) is 24.3 Å². The van der Waals surface area contributed by atoms with E-state index in [9.17, 15) is 19.2 Å². The third kappa shape index (κ3) is 7.44. The van der Waals surface area contributed by atoms with Crippen LogP contribution in [0.15, 0.2) is 29.2 Å². The van der Waals surface area contributed by atoms with Gasteiger partial charge >= 0.3 is 6.03 Å². The van der Waals surface area contributed by atoms with E-state index in [4.69, 9.17) is 5.73 Å². The van der Waals surface area contributed by atoms with Gasteiger partial charge in [0, 0.05) is 30.6 Å². The molecule has 32 heavy (non-hydrogen) atoms. The maximum Gasteiger partial charge on any atom is 0.319 e. The van der Waals surface area contributed by atoms with Crippen LogP contribution in [-0.4, -0.2) is 72.0 Å². The zero-order valence-electron chi connectivity index (χ0n) is 19.3. The Labute approximate surface area is 193 Å². The predicted octanol–water partition coefficient (Wildman–Crippen LogP) is 1.88. The molecule has 2 rings (SSSR count). The normalized spacial score (nSPS) is 18.2. The monoisotopic (exact) mass is 463 g/mol. The van der Waals surface area contributed by atoms with Crippen molar-refractivity contribution < 1.29 is 19.2 Å². The largest absolute Gasteiger partial charge is 0.368 e. The predicted molar refractivity (Wildman–Crippen MR) is 125 cm³/mol. The molecule has 9 nitrogen and oxygen atoms in total. The fourth-order valence-electron chi connectivity index (χ4n) is 3.62. The lowest BCUT2D eigenvalue weighted by Crippen LogP contribution is -2.49. The molecule has 1 aromatic carbocycles. The number of nitrogens with one attached hydrogen (secondary N) is 2. The second-order valence-electron chi connectivity index (χ2n) is 9.22. The molecule has 1 aromatic rings. The van der Waals surface area contributed by atoms with Crippen molar-refractivity contribution in [1.82, 2.24) is 15.1 Å². The summed E-state index contributed by atoms with van der Waals surface area (Å²) < 4.78 is 0. The van der Waals surface area contributed by atoms with Gasteiger partial charge in [-0.2, -0.15) is 0 Å². The molecule has 1 saturated heterocycles. The molecule has 1 heterocycles. The second-order valence-corrected chi connectivity index (χ2v) is 10.1. The highest BCUT2D eigenvalue weighted by atomic mass is 32.2. The molecular formula is C22H33N5O4S. The molecule has 0 aromatic heterocycles. The molecule has 10 heteroatoms. The number of likely N-dealkylation sites (tertiary alicyclic amines) is 1. The SMILES string of the molecule is CSc1cccc(NC(=O)N[C@H]2C[C@@H](C(=O)N(C)CC(N)=O)N(C(=O)CC(C)(C)C)C2)c1. The highest BCUT2D eigenvalue weighted by Crippen LogP contribution is 2.26. The highest BCUT2D eigenvalue weighted by molar-refractivity contribution is 7.98. The summed E-state index contributed by atoms with van der Waals surface area (Å²) in [6.07, 6.45) is 2.47. The number of hydrogen-bond donors (Lipinski definition) is 3. The fraction of sp³-hybridized carbons (Fsp3) is 0.545. The lowest BCUT2D eigenvalue weighted by Gasteiger charge is -2.29. The average molecular weight is 464 g/mol. The maximum absolute atomic E-state index is 12.9. The Morgan fingerprint density at radius 3 is 2.53 bits per heavy atom. The molecule has 0 saturated carbocycles. The van der Waals surface area contributed by atoms with Crippen molar-refractivity contribution in [2.75, 3.05) is 31.7 Å². The van der Waals surface area contributed by atoms with Crippen LogP contribution >= 0.6 is 11.8 Å². The van der Waals surface area contributed by atoms with E-state index in [2.05, 4.69) is 10.6 Å². The van der Waals surface area contributed by atoms with E-state index in [0.29, 0.717) is 5.69 Å². The van der Waals surface area contributed by atoms with Crippen LogP contribution in [0.2, 0.25) is 0 Å². The minimum absolute atomic E-state index is 0.166. The van der Waals surface area contributed by atoms with Gasteiger partial charge < -0.3 is 26.2 Å². The quantitative estimate of drug-likeness (QED) is 0.533. The lowest BCUT2D eigenvalue weighted by atomic mass is 9.91. The van der Waals surface area contributed by atoms with Crippen LogP contribution < -0.4 is 16.4 Å². The Morgan fingerprint density at radius 2 is 1.94 bits per heavy atom. The summed E-state index contributed by atoms with van der Waals surface area (Å²) in [7, 11) is 1.48. The number of rotatable bonds is 7. The lowest BCUT2D eigenvalue weighted by molar-refractivity contribution is -0.144. The third-order valence-electron chi connectivity index (χ3n) is 5.02. The summed E-state index contributed by atoms with van der Waals surface area (Å²) in [5, 5.41) is 5.66. The number of amides is 5. The van der Waals surface area contributed by atoms with E-state index in [1.807, 2.05) is 45.2 Å². The van der Waals surface area contributed by atoms with Crippen LogP contribution in [0.1, 0.15) is 33.6 Å². The van der Waals surface area contributed by atoms with Gasteiger partial charge in [0.2, 0.25) is 17.7 Å². The number of carbonyl (C=O) groups excluding carboxylic acids is 4. The first-order valence-electron chi connectivity index (χ1n) is 10.4. The average Bonchev–Trinajstić information content (AvgIpc) is 3.09. The minimum Gasteiger partial charge on any atom is -0.368 e. The Hall–Kier alpha value is -2.75. The first-order chi connectivity index (χ1) is 14.9. The molecule has 5 amide bonds. The summed E-state index contributed by atoms with van der Waals surface area (Å²) in [5.74, 6) is -1.17. The van der Waals surface area contributed by atoms with Crippen molar-refractivity contribution in [2.45, 2.75) is 50.6 Å². The minimum atomic E-state index is -0.765. The Bertz CT molecular complexity index is 870. The summed E-state index contributed by atoms with van der Waals surface area (Å²) in [6, 6.07) is 5.88. The summed E-state index contributed by atoms with van der Waals surface area (Å²) in [6.45, 7) is 5.82. The smallest absolute Gasteiger partial charge is 0.319 e. The molecule has 0 spiro atoms. The van der Waals surface area contributed by atoms with Crippen LogP contribution in [0.5, 0.6) is 0 Å². The van der Waals surface area contributed by atoms with E-state index >= 15 is 0 Å². The number of thioether (sulfide) groups is 1. The molecular weight excluding hydrogens is 430 g/mol. The number of urea groups is 1. The molecule has 176 valence electrons. The molecule has 0 radical (unpaired) electrons. The number of anilines is 1. The van der Waals surface area contributed by atoms with E-state index in [1.165, 1.54) is 16.8 Å². The van der Waals surface area contributed by atoms with Gasteiger partial charge in [-0.05, 0) is 36.3 Å². The molecule has 1 aliphatic heterocycles. The van der Waals surface area contributed by atoms with Gasteiger partial charge in [-0.15, -0.1) is 11.8 Å². The van der Waals surface area contributed by atoms with Gasteiger partial charge in [-0.25, -0.2) is 4.79 Å². The molecule has 0 aliphatic carbocycles. The third-order valence-corrected chi connectivity index (χ3v) is 5.75. The van der Waals surface area contributed by atoms with Gasteiger partial charge in [-0.3, -0.25) is 14.4 Å². The number of nitrogens with two attached hydrogens (primary N) is 1. The number of primary amides is 1. The zero-order chi connectivity index (χ0) is 24.1. The molecule has 4 N–H and O–H groups in total. The molecule has 1 aliphatic rings. The summed E-state index contributed by atoms with van der Waals surface area (Å²) >= 11 is 1.57. The van der Waals surface area contributed by atoms with Crippen molar-refractivity contribution >= 4 is 41.2 Å². The summed E-state index contributed by atoms with van der Waals surface area (Å²) in [4.78, 5) is 53.4. The number of hydrogen-bond acceptors (Lipinski definition) is 5. The van der Waals surface area contributed by atoms with E-state index in [0.717, 1.165) is 4.90 Å². The first-order valence-corrected chi connectivity index (χ1v) is 11.7. The molecule has 0 bridgehead atoms. The Balaban J connectivity index is 2.11. The van der Waals surface area contributed by atoms with Gasteiger partial charge in [0.25, 0.3) is 0 Å². The van der Waals surface area contributed by atoms with Crippen LogP contribution in [-0.2, 0) is 14.4 Å². The van der Waals surface area contributed by atoms with Crippen molar-refractivity contribution in [2.24, 2.45) is 11.1 Å². The standard InChI is InChI=1S/C22H33N5O4S/c1-22(2,3)11-19(29)27-12-15(10-17(27)20(30)26(4)13-18(23)28)25-21(31)24-14-7-6-8-16(9-14)32-5/h6-9,15,17H,10-13H2,1-5H3,(H2,23,28)(H2,24,25,31)/t15-,17-/m0/s1. The van der Waals surface area contributed by atoms with Crippen molar-refractivity contribution in [3.63, 3.8) is 0 Å². The molecule has 2 atom stereocenters. The summed E-state index contributed by atoms with van der Waals surface area (Å²) in [5.41, 5.74) is 5.61. The second kappa shape index (κ2) is 10.7. The Kier molecular flexibility index (Phi) is 8.54. The van der Waals surface area contributed by atoms with E-state index < -0.39 is 24.0 Å². The van der Waals surface area contributed by atoms with Gasteiger partial charge in [0.05, 0.1) is 12.6 Å². The van der Waals surface area contributed by atoms with Gasteiger partial charge in [-0.1, -0.05) is 26.8 Å². The maximum atomic E-state index is 12.9. The number of likely N-dealkylation sites (N-methyl/N-ethyl adjacent to an activating group) is 1. The number of carbonyl (C=O) groups is 4. The van der Waals surface area contributed by atoms with Crippen molar-refractivity contribution in [3.8, 4) is 0 Å². The van der Waals surface area contributed by atoms with Gasteiger partial charge in [0.15, 0.2) is 0 Å². The van der Waals surface area contributed by atoms with E-state index in [1.54, 1.807) is 17.8 Å². The number of benzene rings is 1. The first kappa shape index (κ1) is 25.5. The van der Waals surface area contributed by atoms with Crippen LogP contribution in [0.4, 0.5) is 10.5 Å². The fourth-order valence-corrected chi connectivity index (χ4v) is 4.08. The van der Waals surface area contributed by atoms with Gasteiger partial charge in [0.1, 0.15) is 6.04 Å². The van der Waals surface area contributed by atoms with Crippen molar-refractivity contribution in [1.29, 1.82) is 0 Å². The number of nitrogens with zero attached hydrogens (tertiary/aromatic N) is 2.